The number of imide groups is 1. The lowest BCUT2D eigenvalue weighted by molar-refractivity contribution is -0.159. The summed E-state index contributed by atoms with van der Waals surface area (Å²) in [7, 11) is 0. The zero-order chi connectivity index (χ0) is 22.8. The Morgan fingerprint density at radius 3 is 2.38 bits per heavy atom. The number of benzene rings is 1. The molecular formula is C23H25N3O5S. The molecule has 1 aliphatic heterocycles. The van der Waals surface area contributed by atoms with Gasteiger partial charge in [-0.05, 0) is 31.9 Å². The Morgan fingerprint density at radius 1 is 1.16 bits per heavy atom. The van der Waals surface area contributed by atoms with Crippen molar-refractivity contribution in [1.82, 2.24) is 9.88 Å². The number of amides is 3. The molecule has 1 saturated carbocycles. The van der Waals surface area contributed by atoms with Crippen LogP contribution in [0.3, 0.4) is 0 Å². The van der Waals surface area contributed by atoms with Crippen molar-refractivity contribution in [3.05, 3.63) is 41.4 Å². The normalized spacial score (nSPS) is 21.2. The van der Waals surface area contributed by atoms with Crippen molar-refractivity contribution in [2.24, 2.45) is 11.8 Å². The van der Waals surface area contributed by atoms with Gasteiger partial charge >= 0.3 is 5.97 Å². The summed E-state index contributed by atoms with van der Waals surface area (Å²) in [4.78, 5) is 57.2. The first kappa shape index (κ1) is 22.1. The Bertz CT molecular complexity index is 1010. The minimum absolute atomic E-state index is 0.108. The lowest BCUT2D eigenvalue weighted by Crippen LogP contribution is -2.44. The Morgan fingerprint density at radius 2 is 1.78 bits per heavy atom. The number of hydrogen-bond donors (Lipinski definition) is 0. The summed E-state index contributed by atoms with van der Waals surface area (Å²) in [5.41, 5.74) is 1.18. The van der Waals surface area contributed by atoms with E-state index < -0.39 is 12.0 Å². The molecule has 1 aliphatic carbocycles. The SMILES string of the molecule is CC(=O)N(c1ccccc1)c1nc(COC(=O)C(C)N2C(=O)C3CCCCC3C2=O)cs1. The van der Waals surface area contributed by atoms with Gasteiger partial charge in [0, 0.05) is 12.3 Å². The Kier molecular flexibility index (Phi) is 6.36. The van der Waals surface area contributed by atoms with E-state index in [1.165, 1.54) is 30.1 Å². The van der Waals surface area contributed by atoms with Gasteiger partial charge in [0.25, 0.3) is 0 Å². The fourth-order valence-electron chi connectivity index (χ4n) is 4.41. The van der Waals surface area contributed by atoms with Gasteiger partial charge in [-0.15, -0.1) is 11.3 Å². The number of carbonyl (C=O) groups excluding carboxylic acids is 4. The van der Waals surface area contributed by atoms with Crippen LogP contribution in [0.5, 0.6) is 0 Å². The summed E-state index contributed by atoms with van der Waals surface area (Å²) in [6, 6.07) is 8.18. The minimum Gasteiger partial charge on any atom is -0.458 e. The molecule has 0 spiro atoms. The first-order chi connectivity index (χ1) is 15.4. The molecule has 32 heavy (non-hydrogen) atoms. The number of thiazole rings is 1. The second-order valence-electron chi connectivity index (χ2n) is 8.14. The maximum Gasteiger partial charge on any atom is 0.329 e. The third kappa shape index (κ3) is 4.17. The highest BCUT2D eigenvalue weighted by Gasteiger charge is 2.51. The van der Waals surface area contributed by atoms with E-state index in [2.05, 4.69) is 4.98 Å². The van der Waals surface area contributed by atoms with Crippen molar-refractivity contribution in [1.29, 1.82) is 0 Å². The van der Waals surface area contributed by atoms with Gasteiger partial charge in [0.05, 0.1) is 23.2 Å². The number of fused-ring (bicyclic) bond motifs is 1. The average molecular weight is 456 g/mol. The number of likely N-dealkylation sites (tertiary alicyclic amines) is 1. The maximum atomic E-state index is 12.7. The van der Waals surface area contributed by atoms with Crippen LogP contribution in [0.2, 0.25) is 0 Å². The van der Waals surface area contributed by atoms with Crippen molar-refractivity contribution >= 4 is 45.8 Å². The van der Waals surface area contributed by atoms with Crippen molar-refractivity contribution in [2.45, 2.75) is 52.2 Å². The Balaban J connectivity index is 1.40. The molecule has 4 rings (SSSR count). The van der Waals surface area contributed by atoms with E-state index in [1.54, 1.807) is 5.38 Å². The van der Waals surface area contributed by atoms with E-state index >= 15 is 0 Å². The monoisotopic (exact) mass is 455 g/mol. The zero-order valence-electron chi connectivity index (χ0n) is 18.0. The molecule has 2 heterocycles. The number of hydrogen-bond acceptors (Lipinski definition) is 7. The minimum atomic E-state index is -0.975. The van der Waals surface area contributed by atoms with Crippen LogP contribution >= 0.6 is 11.3 Å². The predicted octanol–water partition coefficient (Wildman–Crippen LogP) is 3.43. The van der Waals surface area contributed by atoms with Crippen LogP contribution in [0.15, 0.2) is 35.7 Å². The predicted molar refractivity (Wildman–Crippen MR) is 118 cm³/mol. The molecule has 0 bridgehead atoms. The summed E-state index contributed by atoms with van der Waals surface area (Å²) in [6.45, 7) is 2.87. The van der Waals surface area contributed by atoms with E-state index in [-0.39, 0.29) is 36.2 Å². The average Bonchev–Trinajstić information content (AvgIpc) is 3.35. The molecule has 1 saturated heterocycles. The molecule has 3 amide bonds. The highest BCUT2D eigenvalue weighted by Crippen LogP contribution is 2.39. The van der Waals surface area contributed by atoms with Gasteiger partial charge in [-0.25, -0.2) is 9.78 Å². The van der Waals surface area contributed by atoms with Crippen LogP contribution in [0.1, 0.15) is 45.2 Å². The second kappa shape index (κ2) is 9.20. The van der Waals surface area contributed by atoms with Crippen LogP contribution < -0.4 is 4.90 Å². The van der Waals surface area contributed by atoms with Crippen LogP contribution in [0.4, 0.5) is 10.8 Å². The molecule has 1 aromatic carbocycles. The summed E-state index contributed by atoms with van der Waals surface area (Å²) in [5.74, 6) is -1.96. The quantitative estimate of drug-likeness (QED) is 0.489. The van der Waals surface area contributed by atoms with E-state index in [0.717, 1.165) is 17.7 Å². The third-order valence-electron chi connectivity index (χ3n) is 6.03. The number of ether oxygens (including phenoxy) is 1. The number of rotatable bonds is 6. The molecule has 2 aliphatic rings. The van der Waals surface area contributed by atoms with Crippen molar-refractivity contribution < 1.29 is 23.9 Å². The Labute approximate surface area is 190 Å². The molecule has 0 radical (unpaired) electrons. The molecular weight excluding hydrogens is 430 g/mol. The topological polar surface area (TPSA) is 96.9 Å². The number of nitrogens with zero attached hydrogens (tertiary/aromatic N) is 3. The van der Waals surface area contributed by atoms with Crippen molar-refractivity contribution in [3.8, 4) is 0 Å². The molecule has 2 fully saturated rings. The van der Waals surface area contributed by atoms with Gasteiger partial charge in [-0.2, -0.15) is 0 Å². The molecule has 9 heteroatoms. The lowest BCUT2D eigenvalue weighted by Gasteiger charge is -2.21. The third-order valence-corrected chi connectivity index (χ3v) is 6.90. The number of aromatic nitrogens is 1. The molecule has 0 N–H and O–H groups in total. The molecule has 3 atom stereocenters. The summed E-state index contributed by atoms with van der Waals surface area (Å²) < 4.78 is 5.37. The Hall–Kier alpha value is -3.07. The van der Waals surface area contributed by atoms with Gasteiger partial charge in [0.15, 0.2) is 5.13 Å². The standard InChI is InChI=1S/C23H25N3O5S/c1-14(25-20(28)18-10-6-7-11-19(18)21(25)29)22(30)31-12-16-13-32-23(24-16)26(15(2)27)17-8-4-3-5-9-17/h3-5,8-9,13-14,18-19H,6-7,10-12H2,1-2H3. The fraction of sp³-hybridized carbons (Fsp3) is 0.435. The van der Waals surface area contributed by atoms with Crippen molar-refractivity contribution in [3.63, 3.8) is 0 Å². The van der Waals surface area contributed by atoms with E-state index in [4.69, 9.17) is 4.74 Å². The first-order valence-corrected chi connectivity index (χ1v) is 11.6. The highest BCUT2D eigenvalue weighted by atomic mass is 32.1. The van der Waals surface area contributed by atoms with Crippen LogP contribution in [-0.2, 0) is 30.5 Å². The summed E-state index contributed by atoms with van der Waals surface area (Å²) in [6.07, 6.45) is 3.25. The van der Waals surface area contributed by atoms with Crippen LogP contribution in [-0.4, -0.2) is 39.6 Å². The number of anilines is 2. The molecule has 2 aromatic rings. The smallest absolute Gasteiger partial charge is 0.329 e. The lowest BCUT2D eigenvalue weighted by atomic mass is 9.81. The second-order valence-corrected chi connectivity index (χ2v) is 8.98. The van der Waals surface area contributed by atoms with E-state index in [9.17, 15) is 19.2 Å². The van der Waals surface area contributed by atoms with Crippen LogP contribution in [0.25, 0.3) is 0 Å². The number of para-hydroxylation sites is 1. The van der Waals surface area contributed by atoms with Crippen molar-refractivity contribution in [2.75, 3.05) is 4.90 Å². The van der Waals surface area contributed by atoms with Gasteiger partial charge in [-0.1, -0.05) is 31.0 Å². The largest absolute Gasteiger partial charge is 0.458 e. The molecule has 168 valence electrons. The summed E-state index contributed by atoms with van der Waals surface area (Å²) >= 11 is 1.26. The molecule has 1 aromatic heterocycles. The zero-order valence-corrected chi connectivity index (χ0v) is 18.8. The van der Waals surface area contributed by atoms with Gasteiger partial charge in [-0.3, -0.25) is 24.2 Å². The van der Waals surface area contributed by atoms with Gasteiger partial charge in [0.2, 0.25) is 17.7 Å². The number of esters is 1. The van der Waals surface area contributed by atoms with Gasteiger partial charge < -0.3 is 4.74 Å². The summed E-state index contributed by atoms with van der Waals surface area (Å²) in [5, 5.41) is 2.18. The number of carbonyl (C=O) groups is 4. The van der Waals surface area contributed by atoms with E-state index in [1.807, 2.05) is 30.3 Å². The maximum absolute atomic E-state index is 12.7. The fourth-order valence-corrected chi connectivity index (χ4v) is 5.28. The first-order valence-electron chi connectivity index (χ1n) is 10.7. The molecule has 8 nitrogen and oxygen atoms in total. The van der Waals surface area contributed by atoms with E-state index in [0.29, 0.717) is 29.4 Å². The van der Waals surface area contributed by atoms with Crippen LogP contribution in [0, 0.1) is 11.8 Å². The molecule has 3 unspecified atom stereocenters. The highest BCUT2D eigenvalue weighted by molar-refractivity contribution is 7.14. The van der Waals surface area contributed by atoms with Gasteiger partial charge in [0.1, 0.15) is 12.6 Å².